The Morgan fingerprint density at radius 1 is 1.17 bits per heavy atom. The Labute approximate surface area is 131 Å². The summed E-state index contributed by atoms with van der Waals surface area (Å²) in [5.41, 5.74) is 0.518. The van der Waals surface area contributed by atoms with Gasteiger partial charge in [0.25, 0.3) is 11.5 Å². The molecule has 0 fully saturated rings. The monoisotopic (exact) mass is 311 g/mol. The van der Waals surface area contributed by atoms with Gasteiger partial charge in [0, 0.05) is 25.7 Å². The van der Waals surface area contributed by atoms with Gasteiger partial charge in [-0.1, -0.05) is 12.1 Å². The lowest BCUT2D eigenvalue weighted by molar-refractivity contribution is 0.0680. The number of hydrogen-bond acceptors (Lipinski definition) is 5. The third-order valence-electron chi connectivity index (χ3n) is 3.78. The molecule has 0 saturated carbocycles. The SMILES string of the molecule is N#Cc1cccc(CN2CCn3c(c(O)c(O)cc3=O)C2=O)c1. The van der Waals surface area contributed by atoms with E-state index in [1.54, 1.807) is 24.3 Å². The first-order chi connectivity index (χ1) is 11.0. The highest BCUT2D eigenvalue weighted by Crippen LogP contribution is 2.29. The van der Waals surface area contributed by atoms with Gasteiger partial charge in [0.05, 0.1) is 11.6 Å². The minimum absolute atomic E-state index is 0.210. The molecular weight excluding hydrogens is 298 g/mol. The second-order valence-corrected chi connectivity index (χ2v) is 5.26. The molecule has 0 spiro atoms. The molecule has 2 heterocycles. The van der Waals surface area contributed by atoms with Gasteiger partial charge in [-0.2, -0.15) is 5.26 Å². The van der Waals surface area contributed by atoms with Crippen molar-refractivity contribution in [1.82, 2.24) is 9.47 Å². The minimum Gasteiger partial charge on any atom is -0.504 e. The van der Waals surface area contributed by atoms with Crippen LogP contribution in [0, 0.1) is 11.3 Å². The van der Waals surface area contributed by atoms with Crippen molar-refractivity contribution in [3.63, 3.8) is 0 Å². The summed E-state index contributed by atoms with van der Waals surface area (Å²) < 4.78 is 1.15. The van der Waals surface area contributed by atoms with Gasteiger partial charge in [-0.15, -0.1) is 0 Å². The average molecular weight is 311 g/mol. The fraction of sp³-hybridized carbons (Fsp3) is 0.188. The summed E-state index contributed by atoms with van der Waals surface area (Å²) in [4.78, 5) is 25.8. The molecule has 2 aromatic rings. The third kappa shape index (κ3) is 2.51. The molecule has 1 aromatic heterocycles. The number of benzene rings is 1. The number of aromatic nitrogens is 1. The molecule has 23 heavy (non-hydrogen) atoms. The molecule has 0 saturated heterocycles. The largest absolute Gasteiger partial charge is 0.504 e. The normalized spacial score (nSPS) is 13.5. The molecule has 1 amide bonds. The van der Waals surface area contributed by atoms with E-state index < -0.39 is 23.0 Å². The van der Waals surface area contributed by atoms with Crippen LogP contribution in [0.2, 0.25) is 0 Å². The van der Waals surface area contributed by atoms with Gasteiger partial charge in [0.2, 0.25) is 0 Å². The molecular formula is C16H13N3O4. The predicted octanol–water partition coefficient (Wildman–Crippen LogP) is 0.787. The summed E-state index contributed by atoms with van der Waals surface area (Å²) in [5, 5.41) is 28.4. The number of carbonyl (C=O) groups is 1. The van der Waals surface area contributed by atoms with Crippen LogP contribution in [0.1, 0.15) is 21.6 Å². The lowest BCUT2D eigenvalue weighted by atomic mass is 10.1. The zero-order valence-electron chi connectivity index (χ0n) is 12.1. The number of nitriles is 1. The standard InChI is InChI=1S/C16H13N3O4/c17-8-10-2-1-3-11(6-10)9-18-4-5-19-13(21)7-12(20)15(22)14(19)16(18)23/h1-3,6-7,20,22H,4-5,9H2. The van der Waals surface area contributed by atoms with E-state index in [1.807, 2.05) is 6.07 Å². The van der Waals surface area contributed by atoms with Gasteiger partial charge in [0.15, 0.2) is 17.2 Å². The molecule has 0 radical (unpaired) electrons. The van der Waals surface area contributed by atoms with Crippen LogP contribution in [-0.4, -0.2) is 32.1 Å². The van der Waals surface area contributed by atoms with Crippen LogP contribution >= 0.6 is 0 Å². The predicted molar refractivity (Wildman–Crippen MR) is 79.9 cm³/mol. The molecule has 7 heteroatoms. The molecule has 0 atom stereocenters. The summed E-state index contributed by atoms with van der Waals surface area (Å²) in [6.45, 7) is 0.774. The number of aromatic hydroxyl groups is 2. The quantitative estimate of drug-likeness (QED) is 0.852. The zero-order valence-corrected chi connectivity index (χ0v) is 12.1. The maximum absolute atomic E-state index is 12.5. The molecule has 7 nitrogen and oxygen atoms in total. The highest BCUT2D eigenvalue weighted by Gasteiger charge is 2.30. The van der Waals surface area contributed by atoms with Crippen molar-refractivity contribution in [3.8, 4) is 17.6 Å². The fourth-order valence-corrected chi connectivity index (χ4v) is 2.64. The second kappa shape index (κ2) is 5.50. The molecule has 0 bridgehead atoms. The summed E-state index contributed by atoms with van der Waals surface area (Å²) in [6, 6.07) is 9.78. The first-order valence-electron chi connectivity index (χ1n) is 6.95. The number of fused-ring (bicyclic) bond motifs is 1. The first-order valence-corrected chi connectivity index (χ1v) is 6.95. The van der Waals surface area contributed by atoms with E-state index in [0.29, 0.717) is 12.1 Å². The van der Waals surface area contributed by atoms with Crippen LogP contribution in [-0.2, 0) is 13.1 Å². The molecule has 1 aromatic carbocycles. The molecule has 0 aliphatic carbocycles. The van der Waals surface area contributed by atoms with Gasteiger partial charge in [-0.05, 0) is 17.7 Å². The van der Waals surface area contributed by atoms with Crippen molar-refractivity contribution in [1.29, 1.82) is 5.26 Å². The molecule has 1 aliphatic heterocycles. The number of nitrogens with zero attached hydrogens (tertiary/aromatic N) is 3. The Bertz CT molecular complexity index is 895. The summed E-state index contributed by atoms with van der Waals surface area (Å²) in [5.74, 6) is -1.74. The Balaban J connectivity index is 1.95. The first kappa shape index (κ1) is 14.7. The highest BCUT2D eigenvalue weighted by atomic mass is 16.3. The van der Waals surface area contributed by atoms with Crippen molar-refractivity contribution >= 4 is 5.91 Å². The zero-order chi connectivity index (χ0) is 16.6. The number of rotatable bonds is 2. The van der Waals surface area contributed by atoms with E-state index in [9.17, 15) is 19.8 Å². The van der Waals surface area contributed by atoms with Crippen LogP contribution in [0.15, 0.2) is 35.1 Å². The summed E-state index contributed by atoms with van der Waals surface area (Å²) in [6.07, 6.45) is 0. The maximum Gasteiger partial charge on any atom is 0.274 e. The van der Waals surface area contributed by atoms with Gasteiger partial charge in [-0.3, -0.25) is 14.2 Å². The van der Waals surface area contributed by atoms with E-state index in [-0.39, 0.29) is 18.8 Å². The average Bonchev–Trinajstić information content (AvgIpc) is 2.54. The van der Waals surface area contributed by atoms with Crippen molar-refractivity contribution in [3.05, 3.63) is 57.5 Å². The van der Waals surface area contributed by atoms with Crippen molar-refractivity contribution in [2.45, 2.75) is 13.1 Å². The van der Waals surface area contributed by atoms with Crippen molar-refractivity contribution in [2.24, 2.45) is 0 Å². The summed E-state index contributed by atoms with van der Waals surface area (Å²) in [7, 11) is 0. The Kier molecular flexibility index (Phi) is 3.50. The van der Waals surface area contributed by atoms with Gasteiger partial charge < -0.3 is 15.1 Å². The smallest absolute Gasteiger partial charge is 0.274 e. The van der Waals surface area contributed by atoms with Crippen molar-refractivity contribution in [2.75, 3.05) is 6.54 Å². The van der Waals surface area contributed by atoms with Gasteiger partial charge >= 0.3 is 0 Å². The number of hydrogen-bond donors (Lipinski definition) is 2. The van der Waals surface area contributed by atoms with Gasteiger partial charge in [0.1, 0.15) is 0 Å². The Hall–Kier alpha value is -3.27. The van der Waals surface area contributed by atoms with E-state index in [0.717, 1.165) is 16.2 Å². The number of amides is 1. The van der Waals surface area contributed by atoms with E-state index in [1.165, 1.54) is 4.90 Å². The summed E-state index contributed by atoms with van der Waals surface area (Å²) >= 11 is 0. The minimum atomic E-state index is -0.608. The van der Waals surface area contributed by atoms with Crippen LogP contribution in [0.4, 0.5) is 0 Å². The second-order valence-electron chi connectivity index (χ2n) is 5.26. The third-order valence-corrected chi connectivity index (χ3v) is 3.78. The highest BCUT2D eigenvalue weighted by molar-refractivity contribution is 5.96. The maximum atomic E-state index is 12.5. The molecule has 1 aliphatic rings. The Morgan fingerprint density at radius 3 is 2.70 bits per heavy atom. The number of pyridine rings is 1. The molecule has 3 rings (SSSR count). The topological polar surface area (TPSA) is 107 Å². The van der Waals surface area contributed by atoms with Crippen LogP contribution in [0.5, 0.6) is 11.5 Å². The van der Waals surface area contributed by atoms with Crippen LogP contribution in [0.25, 0.3) is 0 Å². The van der Waals surface area contributed by atoms with Crippen molar-refractivity contribution < 1.29 is 15.0 Å². The van der Waals surface area contributed by atoms with Crippen LogP contribution < -0.4 is 5.56 Å². The van der Waals surface area contributed by atoms with E-state index >= 15 is 0 Å². The lowest BCUT2D eigenvalue weighted by Gasteiger charge is -2.30. The fourth-order valence-electron chi connectivity index (χ4n) is 2.64. The molecule has 2 N–H and O–H groups in total. The molecule has 116 valence electrons. The lowest BCUT2D eigenvalue weighted by Crippen LogP contribution is -2.43. The number of carbonyl (C=O) groups excluding carboxylic acids is 1. The Morgan fingerprint density at radius 2 is 1.96 bits per heavy atom. The van der Waals surface area contributed by atoms with Crippen LogP contribution in [0.3, 0.4) is 0 Å². The van der Waals surface area contributed by atoms with E-state index in [4.69, 9.17) is 5.26 Å². The molecule has 0 unspecified atom stereocenters. The van der Waals surface area contributed by atoms with E-state index in [2.05, 4.69) is 0 Å². The van der Waals surface area contributed by atoms with Gasteiger partial charge in [-0.25, -0.2) is 0 Å².